The lowest BCUT2D eigenvalue weighted by molar-refractivity contribution is -0.146. The molecule has 2 saturated heterocycles. The van der Waals surface area contributed by atoms with Gasteiger partial charge in [0.1, 0.15) is 5.75 Å². The van der Waals surface area contributed by atoms with Crippen LogP contribution in [0.4, 0.5) is 0 Å². The fourth-order valence-electron chi connectivity index (χ4n) is 4.77. The van der Waals surface area contributed by atoms with Gasteiger partial charge < -0.3 is 9.64 Å². The Labute approximate surface area is 151 Å². The third kappa shape index (κ3) is 3.41. The number of ether oxygens (including phenoxy) is 1. The van der Waals surface area contributed by atoms with E-state index < -0.39 is 0 Å². The van der Waals surface area contributed by atoms with Crippen molar-refractivity contribution in [2.24, 2.45) is 11.3 Å². The summed E-state index contributed by atoms with van der Waals surface area (Å²) >= 11 is 0. The first-order valence-corrected chi connectivity index (χ1v) is 9.83. The van der Waals surface area contributed by atoms with Gasteiger partial charge in [-0.3, -0.25) is 9.69 Å². The highest BCUT2D eigenvalue weighted by Gasteiger charge is 2.48. The van der Waals surface area contributed by atoms with Crippen LogP contribution in [0.5, 0.6) is 5.75 Å². The van der Waals surface area contributed by atoms with Gasteiger partial charge in [-0.05, 0) is 62.3 Å². The first-order chi connectivity index (χ1) is 12.2. The molecule has 4 heteroatoms. The molecule has 1 aliphatic carbocycles. The van der Waals surface area contributed by atoms with Gasteiger partial charge in [-0.1, -0.05) is 18.6 Å². The Kier molecular flexibility index (Phi) is 4.72. The fourth-order valence-corrected chi connectivity index (χ4v) is 4.77. The van der Waals surface area contributed by atoms with E-state index in [9.17, 15) is 4.79 Å². The summed E-state index contributed by atoms with van der Waals surface area (Å²) in [4.78, 5) is 17.9. The van der Waals surface area contributed by atoms with Gasteiger partial charge in [0.05, 0.1) is 12.5 Å². The zero-order chi connectivity index (χ0) is 17.3. The molecule has 1 spiro atoms. The lowest BCUT2D eigenvalue weighted by Crippen LogP contribution is -2.51. The summed E-state index contributed by atoms with van der Waals surface area (Å²) in [6.07, 6.45) is 7.28. The second-order valence-corrected chi connectivity index (χ2v) is 8.24. The predicted molar refractivity (Wildman–Crippen MR) is 98.5 cm³/mol. The summed E-state index contributed by atoms with van der Waals surface area (Å²) in [7, 11) is 1.70. The van der Waals surface area contributed by atoms with Crippen molar-refractivity contribution in [3.63, 3.8) is 0 Å². The predicted octanol–water partition coefficient (Wildman–Crippen LogP) is 3.31. The van der Waals surface area contributed by atoms with Crippen molar-refractivity contribution < 1.29 is 9.53 Å². The van der Waals surface area contributed by atoms with Gasteiger partial charge in [0, 0.05) is 26.2 Å². The Hall–Kier alpha value is -1.55. The average Bonchev–Trinajstić information content (AvgIpc) is 2.99. The van der Waals surface area contributed by atoms with Gasteiger partial charge in [-0.2, -0.15) is 0 Å². The van der Waals surface area contributed by atoms with E-state index in [1.54, 1.807) is 7.11 Å². The molecule has 3 aliphatic rings. The fraction of sp³-hybridized carbons (Fsp3) is 0.667. The summed E-state index contributed by atoms with van der Waals surface area (Å²) in [5.74, 6) is 2.12. The van der Waals surface area contributed by atoms with Crippen molar-refractivity contribution in [1.29, 1.82) is 0 Å². The molecule has 2 aliphatic heterocycles. The zero-order valence-electron chi connectivity index (χ0n) is 15.4. The van der Waals surface area contributed by atoms with Gasteiger partial charge in [-0.15, -0.1) is 0 Å². The summed E-state index contributed by atoms with van der Waals surface area (Å²) in [6.45, 7) is 4.89. The Morgan fingerprint density at radius 3 is 2.60 bits per heavy atom. The van der Waals surface area contributed by atoms with Gasteiger partial charge in [0.25, 0.3) is 0 Å². The molecule has 0 radical (unpaired) electrons. The van der Waals surface area contributed by atoms with Crippen LogP contribution in [-0.2, 0) is 11.3 Å². The molecule has 25 heavy (non-hydrogen) atoms. The lowest BCUT2D eigenvalue weighted by Gasteiger charge is -2.42. The van der Waals surface area contributed by atoms with Crippen LogP contribution >= 0.6 is 0 Å². The molecular weight excluding hydrogens is 312 g/mol. The monoisotopic (exact) mass is 342 g/mol. The number of methoxy groups -OCH3 is 1. The molecule has 1 saturated carbocycles. The van der Waals surface area contributed by atoms with Crippen LogP contribution in [0.1, 0.15) is 44.1 Å². The molecule has 2 heterocycles. The number of carbonyl (C=O) groups is 1. The minimum Gasteiger partial charge on any atom is -0.497 e. The normalized spacial score (nSPS) is 27.7. The van der Waals surface area contributed by atoms with Crippen LogP contribution in [0.2, 0.25) is 0 Å². The molecule has 4 rings (SSSR count). The van der Waals surface area contributed by atoms with Crippen LogP contribution in [0.25, 0.3) is 0 Å². The van der Waals surface area contributed by atoms with E-state index in [1.165, 1.54) is 31.2 Å². The van der Waals surface area contributed by atoms with Crippen LogP contribution in [0.15, 0.2) is 24.3 Å². The first-order valence-electron chi connectivity index (χ1n) is 9.83. The molecule has 136 valence electrons. The third-order valence-electron chi connectivity index (χ3n) is 6.53. The summed E-state index contributed by atoms with van der Waals surface area (Å²) < 4.78 is 5.24. The number of hydrogen-bond acceptors (Lipinski definition) is 3. The number of hydrogen-bond donors (Lipinski definition) is 0. The average molecular weight is 342 g/mol. The maximum Gasteiger partial charge on any atom is 0.230 e. The van der Waals surface area contributed by atoms with E-state index >= 15 is 0 Å². The van der Waals surface area contributed by atoms with Crippen molar-refractivity contribution >= 4 is 5.91 Å². The lowest BCUT2D eigenvalue weighted by atomic mass is 9.77. The minimum atomic E-state index is -0.103. The van der Waals surface area contributed by atoms with Crippen molar-refractivity contribution in [3.8, 4) is 5.75 Å². The number of likely N-dealkylation sites (tertiary alicyclic amines) is 2. The molecule has 3 fully saturated rings. The molecule has 4 nitrogen and oxygen atoms in total. The Morgan fingerprint density at radius 2 is 1.92 bits per heavy atom. The van der Waals surface area contributed by atoms with Crippen molar-refractivity contribution in [2.75, 3.05) is 33.3 Å². The molecule has 0 N–H and O–H groups in total. The van der Waals surface area contributed by atoms with E-state index in [2.05, 4.69) is 21.9 Å². The molecule has 1 aromatic carbocycles. The highest BCUT2D eigenvalue weighted by Crippen LogP contribution is 2.41. The molecule has 1 amide bonds. The van der Waals surface area contributed by atoms with Crippen LogP contribution in [0.3, 0.4) is 0 Å². The van der Waals surface area contributed by atoms with Crippen molar-refractivity contribution in [2.45, 2.75) is 45.1 Å². The SMILES string of the molecule is COc1ccc(CN2CCC3(CCCN(CC4CCC4)C3=O)C2)cc1. The highest BCUT2D eigenvalue weighted by molar-refractivity contribution is 5.84. The maximum atomic E-state index is 13.2. The topological polar surface area (TPSA) is 32.8 Å². The standard InChI is InChI=1S/C21H30N2O2/c1-25-19-8-6-18(7-9-19)14-22-13-11-21(16-22)10-3-12-23(20(21)24)15-17-4-2-5-17/h6-9,17H,2-5,10-16H2,1H3. The zero-order valence-corrected chi connectivity index (χ0v) is 15.4. The Balaban J connectivity index is 1.38. The highest BCUT2D eigenvalue weighted by atomic mass is 16.5. The van der Waals surface area contributed by atoms with Crippen molar-refractivity contribution in [3.05, 3.63) is 29.8 Å². The molecule has 1 atom stereocenters. The first kappa shape index (κ1) is 16.9. The minimum absolute atomic E-state index is 0.103. The third-order valence-corrected chi connectivity index (χ3v) is 6.53. The number of piperidine rings is 1. The number of amides is 1. The summed E-state index contributed by atoms with van der Waals surface area (Å²) in [6, 6.07) is 8.31. The van der Waals surface area contributed by atoms with E-state index in [1.807, 2.05) is 12.1 Å². The Bertz CT molecular complexity index is 611. The van der Waals surface area contributed by atoms with Gasteiger partial charge in [0.2, 0.25) is 5.91 Å². The van der Waals surface area contributed by atoms with Crippen LogP contribution in [-0.4, -0.2) is 49.0 Å². The number of benzene rings is 1. The van der Waals surface area contributed by atoms with Crippen LogP contribution in [0, 0.1) is 11.3 Å². The summed E-state index contributed by atoms with van der Waals surface area (Å²) in [5, 5.41) is 0. The maximum absolute atomic E-state index is 13.2. The molecule has 1 aromatic rings. The number of nitrogens with zero attached hydrogens (tertiary/aromatic N) is 2. The molecular formula is C21H30N2O2. The second-order valence-electron chi connectivity index (χ2n) is 8.24. The van der Waals surface area contributed by atoms with Crippen LogP contribution < -0.4 is 4.74 Å². The molecule has 0 bridgehead atoms. The molecule has 1 unspecified atom stereocenters. The summed E-state index contributed by atoms with van der Waals surface area (Å²) in [5.41, 5.74) is 1.20. The largest absolute Gasteiger partial charge is 0.497 e. The smallest absolute Gasteiger partial charge is 0.230 e. The van der Waals surface area contributed by atoms with Gasteiger partial charge >= 0.3 is 0 Å². The van der Waals surface area contributed by atoms with Gasteiger partial charge in [0.15, 0.2) is 0 Å². The van der Waals surface area contributed by atoms with Crippen molar-refractivity contribution in [1.82, 2.24) is 9.80 Å². The number of rotatable bonds is 5. The van der Waals surface area contributed by atoms with E-state index in [-0.39, 0.29) is 5.41 Å². The Morgan fingerprint density at radius 1 is 1.12 bits per heavy atom. The second kappa shape index (κ2) is 6.99. The van der Waals surface area contributed by atoms with E-state index in [0.29, 0.717) is 5.91 Å². The van der Waals surface area contributed by atoms with Gasteiger partial charge in [-0.25, -0.2) is 0 Å². The number of carbonyl (C=O) groups excluding carboxylic acids is 1. The van der Waals surface area contributed by atoms with E-state index in [0.717, 1.165) is 57.2 Å². The van der Waals surface area contributed by atoms with E-state index in [4.69, 9.17) is 4.74 Å². The molecule has 0 aromatic heterocycles. The quantitative estimate of drug-likeness (QED) is 0.823.